The molecule has 0 heterocycles. The van der Waals surface area contributed by atoms with Crippen molar-refractivity contribution >= 4 is 0 Å². The minimum Gasteiger partial charge on any atom is -0.353 e. The van der Waals surface area contributed by atoms with Gasteiger partial charge in [0.05, 0.1) is 0 Å². The summed E-state index contributed by atoms with van der Waals surface area (Å²) >= 11 is 0. The number of hydrogen-bond donors (Lipinski definition) is 0. The van der Waals surface area contributed by atoms with Gasteiger partial charge in [-0.15, -0.1) is 0 Å². The topological polar surface area (TPSA) is 18.5 Å². The number of rotatable bonds is 10. The lowest BCUT2D eigenvalue weighted by atomic mass is 9.82. The zero-order chi connectivity index (χ0) is 50.3. The fraction of sp³-hybridized carbons (Fsp3) is 0.642. The molecule has 426 valence electrons. The Morgan fingerprint density at radius 1 is 0.329 bits per heavy atom. The van der Waals surface area contributed by atoms with Gasteiger partial charge in [0.1, 0.15) is 0 Å². The number of benzene rings is 4. The van der Waals surface area contributed by atoms with E-state index >= 15 is 0 Å². The molecule has 2 nitrogen and oxygen atoms in total. The molecule has 0 saturated carbocycles. The van der Waals surface area contributed by atoms with Gasteiger partial charge in [-0.05, 0) is 81.0 Å². The van der Waals surface area contributed by atoms with Crippen molar-refractivity contribution in [2.75, 3.05) is 7.11 Å². The summed E-state index contributed by atoms with van der Waals surface area (Å²) in [5.74, 6) is 0. The minimum absolute atomic E-state index is 0. The highest BCUT2D eigenvalue weighted by molar-refractivity contribution is 5.25. The SMILES string of the molecule is C.C.C.C.C.C.C.C.CC.CC.CC.CC.CC.CC.CCC(C)(C)c1ccccc1.CCC(C)(C)c1ccccc1.CCC(C)(C)c1ccccc1.CCC(C)(C)c1ccccc1.COC(C)OF. The van der Waals surface area contributed by atoms with Crippen LogP contribution in [-0.2, 0) is 31.3 Å². The minimum atomic E-state index is -0.731. The molecule has 0 spiro atoms. The van der Waals surface area contributed by atoms with Crippen LogP contribution in [0.3, 0.4) is 0 Å². The van der Waals surface area contributed by atoms with Gasteiger partial charge in [0.2, 0.25) is 0 Å². The monoisotopic (exact) mass is 995 g/mol. The molecular formula is C67H139FO2. The number of methoxy groups -OCH3 is 1. The van der Waals surface area contributed by atoms with Gasteiger partial charge in [-0.25, -0.2) is 0 Å². The Morgan fingerprint density at radius 3 is 0.529 bits per heavy atom. The summed E-state index contributed by atoms with van der Waals surface area (Å²) in [6.45, 7) is 52.6. The second kappa shape index (κ2) is 72.3. The van der Waals surface area contributed by atoms with E-state index in [0.29, 0.717) is 21.7 Å². The molecule has 4 aromatic carbocycles. The van der Waals surface area contributed by atoms with Gasteiger partial charge < -0.3 is 4.74 Å². The second-order valence-corrected chi connectivity index (χ2v) is 15.3. The van der Waals surface area contributed by atoms with Crippen LogP contribution in [0.2, 0.25) is 0 Å². The maximum absolute atomic E-state index is 10.8. The van der Waals surface area contributed by atoms with E-state index in [1.165, 1.54) is 62.0 Å². The molecule has 1 unspecified atom stereocenters. The molecule has 4 rings (SSSR count). The van der Waals surface area contributed by atoms with E-state index in [1.54, 1.807) is 0 Å². The van der Waals surface area contributed by atoms with Crippen molar-refractivity contribution < 1.29 is 14.2 Å². The van der Waals surface area contributed by atoms with E-state index in [-0.39, 0.29) is 59.4 Å². The summed E-state index contributed by atoms with van der Waals surface area (Å²) < 4.78 is 15.1. The lowest BCUT2D eigenvalue weighted by Crippen LogP contribution is -2.14. The normalized spacial score (nSPS) is 9.01. The quantitative estimate of drug-likeness (QED) is 0.147. The number of halogens is 1. The van der Waals surface area contributed by atoms with Gasteiger partial charge in [-0.3, -0.25) is 0 Å². The van der Waals surface area contributed by atoms with Gasteiger partial charge in [-0.2, -0.15) is 4.94 Å². The van der Waals surface area contributed by atoms with E-state index in [4.69, 9.17) is 0 Å². The van der Waals surface area contributed by atoms with Gasteiger partial charge in [-0.1, -0.05) is 347 Å². The van der Waals surface area contributed by atoms with Crippen molar-refractivity contribution in [3.63, 3.8) is 0 Å². The second-order valence-electron chi connectivity index (χ2n) is 15.3. The molecule has 1 atom stereocenters. The van der Waals surface area contributed by atoms with Crippen LogP contribution in [0, 0.1) is 0 Å². The van der Waals surface area contributed by atoms with E-state index in [2.05, 4.69) is 214 Å². The van der Waals surface area contributed by atoms with Crippen LogP contribution < -0.4 is 0 Å². The molecule has 0 bridgehead atoms. The van der Waals surface area contributed by atoms with Crippen LogP contribution in [0.1, 0.15) is 280 Å². The Labute approximate surface area is 449 Å². The summed E-state index contributed by atoms with van der Waals surface area (Å²) in [6.07, 6.45) is 4.03. The first-order valence-electron chi connectivity index (χ1n) is 24.5. The highest BCUT2D eigenvalue weighted by atomic mass is 19.3. The lowest BCUT2D eigenvalue weighted by molar-refractivity contribution is -0.257. The molecule has 0 aliphatic rings. The number of ether oxygens (including phenoxy) is 1. The maximum Gasteiger partial charge on any atom is 0.193 e. The average Bonchev–Trinajstić information content (AvgIpc) is 3.36. The van der Waals surface area contributed by atoms with E-state index in [0.717, 1.165) is 0 Å². The summed E-state index contributed by atoms with van der Waals surface area (Å²) in [6, 6.07) is 42.7. The van der Waals surface area contributed by atoms with Crippen LogP contribution in [0.5, 0.6) is 0 Å². The predicted octanol–water partition coefficient (Wildman–Crippen LogP) is 25.6. The smallest absolute Gasteiger partial charge is 0.193 e. The Hall–Kier alpha value is -3.27. The zero-order valence-corrected chi connectivity index (χ0v) is 46.1. The molecular weight excluding hydrogens is 856 g/mol. The van der Waals surface area contributed by atoms with Gasteiger partial charge in [0.25, 0.3) is 0 Å². The molecule has 3 heteroatoms. The van der Waals surface area contributed by atoms with Crippen LogP contribution in [-0.4, -0.2) is 13.4 Å². The summed E-state index contributed by atoms with van der Waals surface area (Å²) in [7, 11) is 1.37. The zero-order valence-electron chi connectivity index (χ0n) is 46.1. The van der Waals surface area contributed by atoms with Crippen molar-refractivity contribution in [3.8, 4) is 0 Å². The van der Waals surface area contributed by atoms with Crippen LogP contribution in [0.25, 0.3) is 0 Å². The molecule has 0 amide bonds. The molecule has 0 aromatic heterocycles. The van der Waals surface area contributed by atoms with Gasteiger partial charge in [0.15, 0.2) is 6.29 Å². The van der Waals surface area contributed by atoms with Crippen molar-refractivity contribution in [2.45, 2.75) is 286 Å². The maximum atomic E-state index is 10.8. The van der Waals surface area contributed by atoms with Crippen molar-refractivity contribution in [1.82, 2.24) is 0 Å². The molecule has 0 N–H and O–H groups in total. The third-order valence-electron chi connectivity index (χ3n) is 10.2. The molecule has 0 saturated heterocycles. The predicted molar refractivity (Wildman–Crippen MR) is 340 cm³/mol. The molecule has 0 radical (unpaired) electrons. The first-order valence-corrected chi connectivity index (χ1v) is 24.5. The molecule has 70 heavy (non-hydrogen) atoms. The molecule has 0 aliphatic carbocycles. The van der Waals surface area contributed by atoms with Gasteiger partial charge in [0, 0.05) is 7.11 Å². The Bertz CT molecular complexity index is 1140. The lowest BCUT2D eigenvalue weighted by Gasteiger charge is -2.22. The first-order chi connectivity index (χ1) is 29.5. The largest absolute Gasteiger partial charge is 0.353 e. The highest BCUT2D eigenvalue weighted by Crippen LogP contribution is 2.28. The Kier molecular flexibility index (Phi) is 111. The fourth-order valence-corrected chi connectivity index (χ4v) is 4.41. The molecule has 0 aliphatic heterocycles. The van der Waals surface area contributed by atoms with Crippen LogP contribution in [0.15, 0.2) is 121 Å². The van der Waals surface area contributed by atoms with Gasteiger partial charge >= 0.3 is 0 Å². The summed E-state index contributed by atoms with van der Waals surface area (Å²) in [4.78, 5) is 3.18. The van der Waals surface area contributed by atoms with Crippen molar-refractivity contribution in [2.24, 2.45) is 0 Å². The third kappa shape index (κ3) is 55.7. The number of hydrogen-bond acceptors (Lipinski definition) is 2. The van der Waals surface area contributed by atoms with Crippen LogP contribution in [0.4, 0.5) is 4.53 Å². The summed E-state index contributed by atoms with van der Waals surface area (Å²) in [5.41, 5.74) is 7.07. The average molecular weight is 996 g/mol. The fourth-order valence-electron chi connectivity index (χ4n) is 4.41. The standard InChI is InChI=1S/4C11H16.C3H7FO2.6C2H6.8CH4/c4*1-4-11(2,3)10-8-6-5-7-9-10;1-3(5-2)6-4;6*1-2;;;;;;;;/h4*5-9H,4H2,1-3H3;3H,1-2H3;6*1-2H3;8*1H4. The highest BCUT2D eigenvalue weighted by Gasteiger charge is 2.18. The van der Waals surface area contributed by atoms with E-state index in [9.17, 15) is 4.53 Å². The molecule has 0 fully saturated rings. The Balaban J connectivity index is -0.0000000386. The van der Waals surface area contributed by atoms with E-state index in [1.807, 2.05) is 83.1 Å². The first kappa shape index (κ1) is 108. The molecule has 4 aromatic rings. The summed E-state index contributed by atoms with van der Waals surface area (Å²) in [5, 5.41) is 0. The van der Waals surface area contributed by atoms with Crippen molar-refractivity contribution in [1.29, 1.82) is 0 Å². The van der Waals surface area contributed by atoms with Crippen LogP contribution >= 0.6 is 0 Å². The Morgan fingerprint density at radius 2 is 0.457 bits per heavy atom. The third-order valence-corrected chi connectivity index (χ3v) is 10.2. The van der Waals surface area contributed by atoms with E-state index < -0.39 is 6.29 Å². The van der Waals surface area contributed by atoms with Crippen molar-refractivity contribution in [3.05, 3.63) is 144 Å².